The number of morpholine rings is 1. The molecule has 0 spiro atoms. The van der Waals surface area contributed by atoms with E-state index in [1.807, 2.05) is 26.0 Å². The number of hydrogen-bond acceptors (Lipinski definition) is 7. The van der Waals surface area contributed by atoms with Gasteiger partial charge in [-0.1, -0.05) is 6.07 Å². The molecule has 0 aliphatic carbocycles. The van der Waals surface area contributed by atoms with E-state index in [2.05, 4.69) is 0 Å². The molecule has 2 aliphatic rings. The van der Waals surface area contributed by atoms with Gasteiger partial charge in [-0.2, -0.15) is 4.31 Å². The minimum atomic E-state index is -3.73. The van der Waals surface area contributed by atoms with Crippen molar-refractivity contribution in [1.29, 1.82) is 0 Å². The van der Waals surface area contributed by atoms with Gasteiger partial charge in [-0.15, -0.1) is 0 Å². The fraction of sp³-hybridized carbons (Fsp3) is 0.458. The van der Waals surface area contributed by atoms with Crippen molar-refractivity contribution in [1.82, 2.24) is 4.31 Å². The lowest BCUT2D eigenvalue weighted by Crippen LogP contribution is -2.40. The molecule has 0 saturated carbocycles. The normalized spacial score (nSPS) is 18.5. The van der Waals surface area contributed by atoms with E-state index in [4.69, 9.17) is 18.9 Å². The van der Waals surface area contributed by atoms with E-state index >= 15 is 0 Å². The molecule has 1 saturated heterocycles. The molecule has 33 heavy (non-hydrogen) atoms. The van der Waals surface area contributed by atoms with Gasteiger partial charge in [-0.05, 0) is 50.6 Å². The molecule has 0 aromatic heterocycles. The topological polar surface area (TPSA) is 91.4 Å². The van der Waals surface area contributed by atoms with Crippen LogP contribution in [0.1, 0.15) is 40.9 Å². The highest BCUT2D eigenvalue weighted by Gasteiger charge is 2.29. The van der Waals surface area contributed by atoms with Crippen LogP contribution in [0.2, 0.25) is 0 Å². The Morgan fingerprint density at radius 3 is 2.67 bits per heavy atom. The first-order valence-electron chi connectivity index (χ1n) is 11.1. The Kier molecular flexibility index (Phi) is 6.92. The molecule has 9 heteroatoms. The summed E-state index contributed by atoms with van der Waals surface area (Å²) in [5.41, 5.74) is 2.52. The highest BCUT2D eigenvalue weighted by molar-refractivity contribution is 7.89. The minimum Gasteiger partial charge on any atom is -0.493 e. The predicted octanol–water partition coefficient (Wildman–Crippen LogP) is 3.10. The maximum absolute atomic E-state index is 13.1. The first-order valence-corrected chi connectivity index (χ1v) is 12.5. The summed E-state index contributed by atoms with van der Waals surface area (Å²) in [7, 11) is -3.73. The summed E-state index contributed by atoms with van der Waals surface area (Å²) >= 11 is 0. The molecule has 4 rings (SSSR count). The number of carbonyl (C=O) groups is 1. The summed E-state index contributed by atoms with van der Waals surface area (Å²) in [6, 6.07) is 8.37. The van der Waals surface area contributed by atoms with Crippen molar-refractivity contribution in [2.45, 2.75) is 44.8 Å². The second-order valence-corrected chi connectivity index (χ2v) is 10.1. The zero-order valence-corrected chi connectivity index (χ0v) is 19.9. The lowest BCUT2D eigenvalue weighted by atomic mass is 10.1. The largest absolute Gasteiger partial charge is 0.493 e. The van der Waals surface area contributed by atoms with Crippen LogP contribution in [-0.2, 0) is 32.5 Å². The second kappa shape index (κ2) is 9.70. The van der Waals surface area contributed by atoms with Gasteiger partial charge in [-0.3, -0.25) is 0 Å². The van der Waals surface area contributed by atoms with E-state index in [1.54, 1.807) is 19.1 Å². The molecule has 1 atom stereocenters. The van der Waals surface area contributed by atoms with Gasteiger partial charge in [0.2, 0.25) is 10.0 Å². The van der Waals surface area contributed by atoms with E-state index in [-0.39, 0.29) is 36.3 Å². The Balaban J connectivity index is 1.53. The molecule has 0 amide bonds. The van der Waals surface area contributed by atoms with Crippen molar-refractivity contribution in [2.24, 2.45) is 0 Å². The summed E-state index contributed by atoms with van der Waals surface area (Å²) in [5.74, 6) is 0.818. The highest BCUT2D eigenvalue weighted by Crippen LogP contribution is 2.35. The Morgan fingerprint density at radius 1 is 1.18 bits per heavy atom. The van der Waals surface area contributed by atoms with E-state index in [0.717, 1.165) is 17.7 Å². The quantitative estimate of drug-likeness (QED) is 0.568. The summed E-state index contributed by atoms with van der Waals surface area (Å²) in [6.07, 6.45) is 0.894. The smallest absolute Gasteiger partial charge is 0.338 e. The average molecular weight is 476 g/mol. The molecule has 2 aromatic carbocycles. The van der Waals surface area contributed by atoms with Crippen molar-refractivity contribution in [3.05, 3.63) is 52.6 Å². The molecule has 1 fully saturated rings. The van der Waals surface area contributed by atoms with Crippen LogP contribution in [0, 0.1) is 6.92 Å². The standard InChI is InChI=1S/C24H29NO7S/c1-4-30-21-12-19-11-17(3)32-22(19)13-20(21)15-31-24(26)18-6-5-16(2)23(14-18)33(27,28)25-7-9-29-10-8-25/h5-6,12-14,17H,4,7-11,15H2,1-3H3. The van der Waals surface area contributed by atoms with Crippen LogP contribution in [-0.4, -0.2) is 57.7 Å². The molecule has 8 nitrogen and oxygen atoms in total. The lowest BCUT2D eigenvalue weighted by molar-refractivity contribution is 0.0469. The van der Waals surface area contributed by atoms with Gasteiger partial charge in [0.1, 0.15) is 24.2 Å². The summed E-state index contributed by atoms with van der Waals surface area (Å²) in [5, 5.41) is 0. The molecule has 2 heterocycles. The molecule has 0 bridgehead atoms. The number of sulfonamides is 1. The molecule has 2 aliphatic heterocycles. The number of hydrogen-bond donors (Lipinski definition) is 0. The molecule has 0 radical (unpaired) electrons. The third-order valence-electron chi connectivity index (χ3n) is 5.75. The predicted molar refractivity (Wildman–Crippen MR) is 121 cm³/mol. The molecule has 1 unspecified atom stereocenters. The van der Waals surface area contributed by atoms with Crippen molar-refractivity contribution in [3.8, 4) is 11.5 Å². The number of ether oxygens (including phenoxy) is 4. The van der Waals surface area contributed by atoms with Gasteiger partial charge in [0, 0.05) is 30.6 Å². The van der Waals surface area contributed by atoms with Gasteiger partial charge < -0.3 is 18.9 Å². The SMILES string of the molecule is CCOc1cc2c(cc1COC(=O)c1ccc(C)c(S(=O)(=O)N3CCOCC3)c1)OC(C)C2. The molecule has 178 valence electrons. The van der Waals surface area contributed by atoms with Gasteiger partial charge in [0.25, 0.3) is 0 Å². The summed E-state index contributed by atoms with van der Waals surface area (Å²) < 4.78 is 49.9. The van der Waals surface area contributed by atoms with Crippen molar-refractivity contribution >= 4 is 16.0 Å². The van der Waals surface area contributed by atoms with Crippen molar-refractivity contribution < 1.29 is 32.2 Å². The number of aryl methyl sites for hydroxylation is 1. The van der Waals surface area contributed by atoms with Gasteiger partial charge in [0.05, 0.1) is 30.3 Å². The molecule has 2 aromatic rings. The third kappa shape index (κ3) is 5.00. The third-order valence-corrected chi connectivity index (χ3v) is 7.79. The average Bonchev–Trinajstić information content (AvgIpc) is 3.17. The fourth-order valence-corrected chi connectivity index (χ4v) is 5.70. The van der Waals surface area contributed by atoms with E-state index in [9.17, 15) is 13.2 Å². The van der Waals surface area contributed by atoms with Crippen LogP contribution in [0.25, 0.3) is 0 Å². The maximum atomic E-state index is 13.1. The number of carbonyl (C=O) groups excluding carboxylic acids is 1. The molecular formula is C24H29NO7S. The fourth-order valence-electron chi connectivity index (χ4n) is 4.04. The number of fused-ring (bicyclic) bond motifs is 1. The number of esters is 1. The molecular weight excluding hydrogens is 446 g/mol. The van der Waals surface area contributed by atoms with Crippen LogP contribution in [0.3, 0.4) is 0 Å². The second-order valence-electron chi connectivity index (χ2n) is 8.21. The number of nitrogens with zero attached hydrogens (tertiary/aromatic N) is 1. The maximum Gasteiger partial charge on any atom is 0.338 e. The zero-order valence-electron chi connectivity index (χ0n) is 19.1. The van der Waals surface area contributed by atoms with Crippen LogP contribution in [0.4, 0.5) is 0 Å². The van der Waals surface area contributed by atoms with Crippen molar-refractivity contribution in [3.63, 3.8) is 0 Å². The van der Waals surface area contributed by atoms with Crippen LogP contribution in [0.5, 0.6) is 11.5 Å². The first kappa shape index (κ1) is 23.5. The summed E-state index contributed by atoms with van der Waals surface area (Å²) in [4.78, 5) is 12.9. The van der Waals surface area contributed by atoms with Crippen LogP contribution >= 0.6 is 0 Å². The van der Waals surface area contributed by atoms with Crippen LogP contribution in [0.15, 0.2) is 35.2 Å². The van der Waals surface area contributed by atoms with Gasteiger partial charge >= 0.3 is 5.97 Å². The summed E-state index contributed by atoms with van der Waals surface area (Å²) in [6.45, 7) is 7.35. The Bertz CT molecular complexity index is 1140. The van der Waals surface area contributed by atoms with E-state index in [0.29, 0.717) is 36.7 Å². The van der Waals surface area contributed by atoms with Gasteiger partial charge in [0.15, 0.2) is 0 Å². The van der Waals surface area contributed by atoms with E-state index < -0.39 is 16.0 Å². The Hall–Kier alpha value is -2.62. The monoisotopic (exact) mass is 475 g/mol. The zero-order chi connectivity index (χ0) is 23.6. The Labute approximate surface area is 194 Å². The van der Waals surface area contributed by atoms with Crippen molar-refractivity contribution in [2.75, 3.05) is 32.9 Å². The lowest BCUT2D eigenvalue weighted by Gasteiger charge is -2.26. The number of benzene rings is 2. The van der Waals surface area contributed by atoms with E-state index in [1.165, 1.54) is 10.4 Å². The molecule has 0 N–H and O–H groups in total. The number of rotatable bonds is 7. The van der Waals surface area contributed by atoms with Gasteiger partial charge in [-0.25, -0.2) is 13.2 Å². The Morgan fingerprint density at radius 2 is 1.94 bits per heavy atom. The highest BCUT2D eigenvalue weighted by atomic mass is 32.2. The first-order chi connectivity index (χ1) is 15.8. The van der Waals surface area contributed by atoms with Crippen LogP contribution < -0.4 is 9.47 Å². The minimum absolute atomic E-state index is 0.0153.